The van der Waals surface area contributed by atoms with Crippen LogP contribution in [0.25, 0.3) is 0 Å². The maximum absolute atomic E-state index is 13.8. The maximum atomic E-state index is 13.8. The van der Waals surface area contributed by atoms with E-state index in [4.69, 9.17) is 10.00 Å². The van der Waals surface area contributed by atoms with Gasteiger partial charge in [0.1, 0.15) is 0 Å². The standard InChI is InChI=1S/C19H21FN4O/c1-13(16-8-9-18(25-3)17(20)10-16)24-19(22-2)23-12-15-6-4-14(11-21)5-7-15/h4-10,13H,12H2,1-3H3,(H2,22,23,24). The molecule has 25 heavy (non-hydrogen) atoms. The van der Waals surface area contributed by atoms with Crippen LogP contribution in [-0.4, -0.2) is 20.1 Å². The highest BCUT2D eigenvalue weighted by Gasteiger charge is 2.11. The Kier molecular flexibility index (Phi) is 6.35. The number of nitrogens with zero attached hydrogens (tertiary/aromatic N) is 2. The Morgan fingerprint density at radius 1 is 1.28 bits per heavy atom. The molecule has 2 aromatic carbocycles. The van der Waals surface area contributed by atoms with Crippen LogP contribution >= 0.6 is 0 Å². The number of hydrogen-bond donors (Lipinski definition) is 2. The van der Waals surface area contributed by atoms with Gasteiger partial charge >= 0.3 is 0 Å². The lowest BCUT2D eigenvalue weighted by atomic mass is 10.1. The van der Waals surface area contributed by atoms with E-state index in [2.05, 4.69) is 21.7 Å². The van der Waals surface area contributed by atoms with Gasteiger partial charge in [-0.05, 0) is 42.3 Å². The summed E-state index contributed by atoms with van der Waals surface area (Å²) in [5.74, 6) is 0.432. The van der Waals surface area contributed by atoms with Crippen LogP contribution in [0.3, 0.4) is 0 Å². The minimum Gasteiger partial charge on any atom is -0.494 e. The van der Waals surface area contributed by atoms with Crippen molar-refractivity contribution in [3.05, 3.63) is 65.0 Å². The highest BCUT2D eigenvalue weighted by atomic mass is 19.1. The summed E-state index contributed by atoms with van der Waals surface area (Å²) in [5, 5.41) is 15.2. The molecule has 0 bridgehead atoms. The van der Waals surface area contributed by atoms with Crippen LogP contribution in [0.1, 0.15) is 29.7 Å². The molecular formula is C19H21FN4O. The van der Waals surface area contributed by atoms with E-state index >= 15 is 0 Å². The fraction of sp³-hybridized carbons (Fsp3) is 0.263. The Bertz CT molecular complexity index is 781. The summed E-state index contributed by atoms with van der Waals surface area (Å²) in [6.45, 7) is 2.49. The van der Waals surface area contributed by atoms with E-state index in [1.807, 2.05) is 25.1 Å². The van der Waals surface area contributed by atoms with Gasteiger partial charge in [0.05, 0.1) is 24.8 Å². The van der Waals surface area contributed by atoms with Gasteiger partial charge in [0.2, 0.25) is 0 Å². The molecule has 0 spiro atoms. The molecule has 2 N–H and O–H groups in total. The second-order valence-electron chi connectivity index (χ2n) is 5.49. The molecule has 5 nitrogen and oxygen atoms in total. The second-order valence-corrected chi connectivity index (χ2v) is 5.49. The van der Waals surface area contributed by atoms with Gasteiger partial charge in [-0.15, -0.1) is 0 Å². The van der Waals surface area contributed by atoms with E-state index in [0.29, 0.717) is 18.1 Å². The zero-order valence-electron chi connectivity index (χ0n) is 14.5. The molecule has 2 aromatic rings. The van der Waals surface area contributed by atoms with Crippen LogP contribution in [0.5, 0.6) is 5.75 Å². The van der Waals surface area contributed by atoms with Crippen molar-refractivity contribution >= 4 is 5.96 Å². The minimum absolute atomic E-state index is 0.132. The highest BCUT2D eigenvalue weighted by Crippen LogP contribution is 2.21. The lowest BCUT2D eigenvalue weighted by molar-refractivity contribution is 0.386. The highest BCUT2D eigenvalue weighted by molar-refractivity contribution is 5.80. The van der Waals surface area contributed by atoms with E-state index in [-0.39, 0.29) is 11.8 Å². The van der Waals surface area contributed by atoms with Crippen molar-refractivity contribution in [2.24, 2.45) is 4.99 Å². The number of ether oxygens (including phenoxy) is 1. The summed E-state index contributed by atoms with van der Waals surface area (Å²) in [7, 11) is 3.12. The average Bonchev–Trinajstić information content (AvgIpc) is 2.65. The predicted octanol–water partition coefficient (Wildman–Crippen LogP) is 3.13. The smallest absolute Gasteiger partial charge is 0.191 e. The van der Waals surface area contributed by atoms with Gasteiger partial charge in [0.25, 0.3) is 0 Å². The Hall–Kier alpha value is -3.07. The molecule has 1 atom stereocenters. The Balaban J connectivity index is 1.96. The zero-order chi connectivity index (χ0) is 18.2. The number of aliphatic imine (C=N–C) groups is 1. The van der Waals surface area contributed by atoms with E-state index in [1.54, 1.807) is 25.2 Å². The Morgan fingerprint density at radius 2 is 2.00 bits per heavy atom. The molecule has 0 saturated carbocycles. The van der Waals surface area contributed by atoms with Crippen LogP contribution in [0.4, 0.5) is 4.39 Å². The van der Waals surface area contributed by atoms with Crippen molar-refractivity contribution in [1.29, 1.82) is 5.26 Å². The summed E-state index contributed by atoms with van der Waals surface area (Å²) in [6, 6.07) is 14.2. The SMILES string of the molecule is CN=C(NCc1ccc(C#N)cc1)NC(C)c1ccc(OC)c(F)c1. The molecule has 0 aliphatic rings. The molecule has 0 saturated heterocycles. The van der Waals surface area contributed by atoms with Crippen molar-refractivity contribution < 1.29 is 9.13 Å². The van der Waals surface area contributed by atoms with Gasteiger partial charge in [-0.3, -0.25) is 4.99 Å². The van der Waals surface area contributed by atoms with E-state index in [9.17, 15) is 4.39 Å². The first-order valence-electron chi connectivity index (χ1n) is 7.87. The summed E-state index contributed by atoms with van der Waals surface area (Å²) in [6.07, 6.45) is 0. The molecule has 1 unspecified atom stereocenters. The number of nitriles is 1. The molecule has 0 aliphatic carbocycles. The number of nitrogens with one attached hydrogen (secondary N) is 2. The van der Waals surface area contributed by atoms with Crippen molar-refractivity contribution in [2.45, 2.75) is 19.5 Å². The first kappa shape index (κ1) is 18.3. The van der Waals surface area contributed by atoms with Gasteiger partial charge in [-0.1, -0.05) is 18.2 Å². The normalized spacial score (nSPS) is 12.2. The maximum Gasteiger partial charge on any atom is 0.191 e. The number of benzene rings is 2. The molecule has 2 rings (SSSR count). The molecule has 0 fully saturated rings. The summed E-state index contributed by atoms with van der Waals surface area (Å²) in [4.78, 5) is 4.18. The Labute approximate surface area is 147 Å². The quantitative estimate of drug-likeness (QED) is 0.648. The topological polar surface area (TPSA) is 69.4 Å². The fourth-order valence-electron chi connectivity index (χ4n) is 2.32. The molecule has 6 heteroatoms. The van der Waals surface area contributed by atoms with Gasteiger partial charge < -0.3 is 15.4 Å². The van der Waals surface area contributed by atoms with E-state index in [1.165, 1.54) is 13.2 Å². The zero-order valence-corrected chi connectivity index (χ0v) is 14.5. The van der Waals surface area contributed by atoms with Gasteiger partial charge in [0, 0.05) is 13.6 Å². The minimum atomic E-state index is -0.394. The fourth-order valence-corrected chi connectivity index (χ4v) is 2.32. The number of hydrogen-bond acceptors (Lipinski definition) is 3. The van der Waals surface area contributed by atoms with Crippen molar-refractivity contribution in [3.8, 4) is 11.8 Å². The van der Waals surface area contributed by atoms with Gasteiger partial charge in [-0.2, -0.15) is 5.26 Å². The molecule has 0 heterocycles. The number of methoxy groups -OCH3 is 1. The van der Waals surface area contributed by atoms with Gasteiger partial charge in [-0.25, -0.2) is 4.39 Å². The third kappa shape index (κ3) is 4.95. The third-order valence-electron chi connectivity index (χ3n) is 3.80. The second kappa shape index (κ2) is 8.69. The monoisotopic (exact) mass is 340 g/mol. The largest absolute Gasteiger partial charge is 0.494 e. The predicted molar refractivity (Wildman–Crippen MR) is 95.9 cm³/mol. The van der Waals surface area contributed by atoms with Crippen LogP contribution in [0.15, 0.2) is 47.5 Å². The molecular weight excluding hydrogens is 319 g/mol. The average molecular weight is 340 g/mol. The van der Waals surface area contributed by atoms with Crippen LogP contribution < -0.4 is 15.4 Å². The number of guanidine groups is 1. The van der Waals surface area contributed by atoms with E-state index < -0.39 is 5.82 Å². The van der Waals surface area contributed by atoms with Crippen molar-refractivity contribution in [3.63, 3.8) is 0 Å². The summed E-state index contributed by atoms with van der Waals surface area (Å²) < 4.78 is 18.8. The molecule has 0 aromatic heterocycles. The lowest BCUT2D eigenvalue weighted by Gasteiger charge is -2.19. The van der Waals surface area contributed by atoms with Crippen molar-refractivity contribution in [1.82, 2.24) is 10.6 Å². The van der Waals surface area contributed by atoms with E-state index in [0.717, 1.165) is 11.1 Å². The van der Waals surface area contributed by atoms with Crippen LogP contribution in [0, 0.1) is 17.1 Å². The van der Waals surface area contributed by atoms with Crippen LogP contribution in [-0.2, 0) is 6.54 Å². The van der Waals surface area contributed by atoms with Crippen LogP contribution in [0.2, 0.25) is 0 Å². The third-order valence-corrected chi connectivity index (χ3v) is 3.80. The summed E-state index contributed by atoms with van der Waals surface area (Å²) in [5.41, 5.74) is 2.45. The van der Waals surface area contributed by atoms with Crippen molar-refractivity contribution in [2.75, 3.05) is 14.2 Å². The Morgan fingerprint density at radius 3 is 2.56 bits per heavy atom. The summed E-state index contributed by atoms with van der Waals surface area (Å²) >= 11 is 0. The lowest BCUT2D eigenvalue weighted by Crippen LogP contribution is -2.38. The molecule has 0 radical (unpaired) electrons. The number of rotatable bonds is 5. The molecule has 0 aliphatic heterocycles. The van der Waals surface area contributed by atoms with Gasteiger partial charge in [0.15, 0.2) is 17.5 Å². The first-order valence-corrected chi connectivity index (χ1v) is 7.87. The molecule has 0 amide bonds. The molecule has 130 valence electrons. The number of halogens is 1. The first-order chi connectivity index (χ1) is 12.1.